The van der Waals surface area contributed by atoms with E-state index >= 15 is 0 Å². The zero-order chi connectivity index (χ0) is 26.7. The van der Waals surface area contributed by atoms with Crippen LogP contribution in [0, 0.1) is 23.2 Å². The van der Waals surface area contributed by atoms with E-state index in [1.54, 1.807) is 50.1 Å². The summed E-state index contributed by atoms with van der Waals surface area (Å²) in [5, 5.41) is 23.7. The molecule has 4 aromatic heterocycles. The minimum Gasteiger partial charge on any atom is -0.485 e. The van der Waals surface area contributed by atoms with Crippen LogP contribution < -0.4 is 19.1 Å². The number of hydrogen-bond donors (Lipinski definition) is 1. The fraction of sp³-hybridized carbons (Fsp3) is 0.286. The van der Waals surface area contributed by atoms with E-state index in [2.05, 4.69) is 37.9 Å². The van der Waals surface area contributed by atoms with Gasteiger partial charge in [0.1, 0.15) is 41.7 Å². The summed E-state index contributed by atoms with van der Waals surface area (Å²) in [6, 6.07) is 11.6. The van der Waals surface area contributed by atoms with E-state index in [1.807, 2.05) is 24.3 Å². The van der Waals surface area contributed by atoms with Gasteiger partial charge in [0, 0.05) is 23.4 Å². The van der Waals surface area contributed by atoms with E-state index in [1.165, 1.54) is 6.20 Å². The monoisotopic (exact) mass is 510 g/mol. The first-order chi connectivity index (χ1) is 18.3. The van der Waals surface area contributed by atoms with Crippen LogP contribution in [0.2, 0.25) is 0 Å². The summed E-state index contributed by atoms with van der Waals surface area (Å²) in [6.45, 7) is 4.74. The van der Waals surface area contributed by atoms with Gasteiger partial charge in [-0.15, -0.1) is 0 Å². The zero-order valence-electron chi connectivity index (χ0n) is 21.3. The van der Waals surface area contributed by atoms with E-state index in [-0.39, 0.29) is 12.7 Å². The molecule has 4 aromatic rings. The molecule has 10 nitrogen and oxygen atoms in total. The number of hydrogen-bond acceptors (Lipinski definition) is 9. The number of pyridine rings is 3. The summed E-state index contributed by atoms with van der Waals surface area (Å²) in [7, 11) is 1.58. The van der Waals surface area contributed by atoms with E-state index < -0.39 is 5.60 Å². The molecule has 0 amide bonds. The molecule has 1 aliphatic rings. The molecule has 0 radical (unpaired) electrons. The summed E-state index contributed by atoms with van der Waals surface area (Å²) in [5.74, 6) is 8.14. The maximum Gasteiger partial charge on any atom is 0.213 e. The van der Waals surface area contributed by atoms with Gasteiger partial charge in [-0.3, -0.25) is 0 Å². The number of nitrogens with zero attached hydrogens (tertiary/aromatic N) is 6. The van der Waals surface area contributed by atoms with Crippen molar-refractivity contribution in [2.45, 2.75) is 25.6 Å². The lowest BCUT2D eigenvalue weighted by atomic mass is 10.0. The van der Waals surface area contributed by atoms with Gasteiger partial charge in [-0.25, -0.2) is 14.5 Å². The Balaban J connectivity index is 1.31. The molecule has 38 heavy (non-hydrogen) atoms. The minimum absolute atomic E-state index is 0.0459. The van der Waals surface area contributed by atoms with Crippen molar-refractivity contribution < 1.29 is 19.3 Å². The molecule has 0 aromatic carbocycles. The molecular formula is C28H26N6O4. The van der Waals surface area contributed by atoms with Crippen molar-refractivity contribution in [2.24, 2.45) is 0 Å². The second-order valence-electron chi connectivity index (χ2n) is 9.29. The summed E-state index contributed by atoms with van der Waals surface area (Å²) >= 11 is 0. The number of anilines is 1. The Morgan fingerprint density at radius 3 is 2.61 bits per heavy atom. The standard InChI is InChI=1S/C28H26N6O4/c1-28(2,35)9-4-10-37-22-11-24(27-20(12-29)14-32-34(27)18-22)19-5-7-25(30-13-19)33-16-23(17-33)38-21-6-8-26(36-3)31-15-21/h5-8,11,13-15,18,23,35H,10,16-17H2,1-3H3. The highest BCUT2D eigenvalue weighted by molar-refractivity contribution is 5.85. The van der Waals surface area contributed by atoms with Crippen molar-refractivity contribution in [3.63, 3.8) is 0 Å². The normalized spacial score (nSPS) is 13.3. The summed E-state index contributed by atoms with van der Waals surface area (Å²) in [5.41, 5.74) is 1.62. The quantitative estimate of drug-likeness (QED) is 0.374. The third-order valence-electron chi connectivity index (χ3n) is 5.86. The van der Waals surface area contributed by atoms with Gasteiger partial charge in [-0.05, 0) is 38.1 Å². The first kappa shape index (κ1) is 24.9. The lowest BCUT2D eigenvalue weighted by molar-refractivity contribution is 0.143. The summed E-state index contributed by atoms with van der Waals surface area (Å²) in [6.07, 6.45) is 6.70. The Labute approximate surface area is 220 Å². The molecule has 1 saturated heterocycles. The molecule has 0 spiro atoms. The van der Waals surface area contributed by atoms with Crippen LogP contribution in [0.5, 0.6) is 17.4 Å². The van der Waals surface area contributed by atoms with E-state index in [4.69, 9.17) is 14.2 Å². The Kier molecular flexibility index (Phi) is 6.73. The van der Waals surface area contributed by atoms with Gasteiger partial charge in [-0.1, -0.05) is 11.8 Å². The number of fused-ring (bicyclic) bond motifs is 1. The van der Waals surface area contributed by atoms with Gasteiger partial charge >= 0.3 is 0 Å². The van der Waals surface area contributed by atoms with Gasteiger partial charge in [0.2, 0.25) is 5.88 Å². The second-order valence-corrected chi connectivity index (χ2v) is 9.29. The molecule has 10 heteroatoms. The number of ether oxygens (including phenoxy) is 3. The van der Waals surface area contributed by atoms with Gasteiger partial charge in [0.25, 0.3) is 0 Å². The molecule has 1 fully saturated rings. The van der Waals surface area contributed by atoms with Crippen LogP contribution in [-0.4, -0.2) is 63.2 Å². The van der Waals surface area contributed by atoms with Gasteiger partial charge in [0.15, 0.2) is 0 Å². The highest BCUT2D eigenvalue weighted by atomic mass is 16.5. The van der Waals surface area contributed by atoms with Crippen LogP contribution >= 0.6 is 0 Å². The SMILES string of the molecule is COc1ccc(OC2CN(c3ccc(-c4cc(OCC#CC(C)(C)O)cn5ncc(C#N)c45)cn3)C2)cn1. The Morgan fingerprint density at radius 2 is 1.95 bits per heavy atom. The Morgan fingerprint density at radius 1 is 1.11 bits per heavy atom. The molecule has 0 atom stereocenters. The van der Waals surface area contributed by atoms with Gasteiger partial charge in [0.05, 0.1) is 49.9 Å². The maximum atomic E-state index is 9.76. The highest BCUT2D eigenvalue weighted by Gasteiger charge is 2.29. The average molecular weight is 511 g/mol. The predicted molar refractivity (Wildman–Crippen MR) is 140 cm³/mol. The van der Waals surface area contributed by atoms with Crippen LogP contribution in [0.3, 0.4) is 0 Å². The summed E-state index contributed by atoms with van der Waals surface area (Å²) in [4.78, 5) is 11.0. The van der Waals surface area contributed by atoms with Crippen LogP contribution in [0.25, 0.3) is 16.6 Å². The molecule has 0 aliphatic carbocycles. The first-order valence-corrected chi connectivity index (χ1v) is 12.0. The number of methoxy groups -OCH3 is 1. The first-order valence-electron chi connectivity index (χ1n) is 12.0. The molecular weight excluding hydrogens is 484 g/mol. The molecule has 0 unspecified atom stereocenters. The summed E-state index contributed by atoms with van der Waals surface area (Å²) < 4.78 is 18.5. The van der Waals surface area contributed by atoms with Gasteiger partial charge < -0.3 is 24.2 Å². The van der Waals surface area contributed by atoms with E-state index in [9.17, 15) is 10.4 Å². The van der Waals surface area contributed by atoms with Crippen molar-refractivity contribution in [2.75, 3.05) is 31.7 Å². The maximum absolute atomic E-state index is 9.76. The minimum atomic E-state index is -1.09. The fourth-order valence-corrected chi connectivity index (χ4v) is 4.03. The Bertz CT molecular complexity index is 1530. The van der Waals surface area contributed by atoms with Crippen LogP contribution in [0.1, 0.15) is 19.4 Å². The van der Waals surface area contributed by atoms with E-state index in [0.29, 0.717) is 41.5 Å². The number of aliphatic hydroxyl groups is 1. The smallest absolute Gasteiger partial charge is 0.213 e. The predicted octanol–water partition coefficient (Wildman–Crippen LogP) is 3.09. The number of nitriles is 1. The third-order valence-corrected chi connectivity index (χ3v) is 5.86. The highest BCUT2D eigenvalue weighted by Crippen LogP contribution is 2.32. The largest absolute Gasteiger partial charge is 0.485 e. The number of rotatable bonds is 7. The molecule has 0 bridgehead atoms. The molecule has 5 heterocycles. The Hall–Kier alpha value is -4.80. The molecule has 1 N–H and O–H groups in total. The van der Waals surface area contributed by atoms with Crippen molar-refractivity contribution in [1.29, 1.82) is 5.26 Å². The lowest BCUT2D eigenvalue weighted by Crippen LogP contribution is -2.54. The van der Waals surface area contributed by atoms with Crippen molar-refractivity contribution in [3.05, 3.63) is 60.7 Å². The van der Waals surface area contributed by atoms with Crippen molar-refractivity contribution >= 4 is 11.3 Å². The van der Waals surface area contributed by atoms with Gasteiger partial charge in [-0.2, -0.15) is 10.4 Å². The fourth-order valence-electron chi connectivity index (χ4n) is 4.03. The number of aromatic nitrogens is 4. The van der Waals surface area contributed by atoms with Crippen molar-refractivity contribution in [3.8, 4) is 46.4 Å². The third kappa shape index (κ3) is 5.46. The van der Waals surface area contributed by atoms with Crippen LogP contribution in [0.15, 0.2) is 55.1 Å². The molecule has 0 saturated carbocycles. The average Bonchev–Trinajstić information content (AvgIpc) is 3.31. The molecule has 192 valence electrons. The van der Waals surface area contributed by atoms with Crippen LogP contribution in [0.4, 0.5) is 5.82 Å². The lowest BCUT2D eigenvalue weighted by Gasteiger charge is -2.39. The van der Waals surface area contributed by atoms with Crippen LogP contribution in [-0.2, 0) is 0 Å². The van der Waals surface area contributed by atoms with Crippen molar-refractivity contribution in [1.82, 2.24) is 19.6 Å². The van der Waals surface area contributed by atoms with E-state index in [0.717, 1.165) is 16.9 Å². The second kappa shape index (κ2) is 10.3. The molecule has 1 aliphatic heterocycles. The molecule has 5 rings (SSSR count). The topological polar surface area (TPSA) is 118 Å². The zero-order valence-corrected chi connectivity index (χ0v) is 21.3.